The van der Waals surface area contributed by atoms with Gasteiger partial charge in [0.1, 0.15) is 5.69 Å². The van der Waals surface area contributed by atoms with E-state index in [9.17, 15) is 0 Å². The maximum absolute atomic E-state index is 5.48. The smallest absolute Gasteiger partial charge is 0.232 e. The number of halogens is 2. The third-order valence-corrected chi connectivity index (χ3v) is 5.55. The van der Waals surface area contributed by atoms with Crippen molar-refractivity contribution in [1.29, 1.82) is 0 Å². The van der Waals surface area contributed by atoms with Gasteiger partial charge in [0.15, 0.2) is 0 Å². The molecule has 112 valence electrons. The minimum atomic E-state index is 0.269. The largest absolute Gasteiger partial charge is 0.339 e. The lowest BCUT2D eigenvalue weighted by Crippen LogP contribution is -2.34. The van der Waals surface area contributed by atoms with Crippen LogP contribution in [0.4, 0.5) is 0 Å². The van der Waals surface area contributed by atoms with E-state index in [0.29, 0.717) is 23.5 Å². The molecule has 0 radical (unpaired) electrons. The Labute approximate surface area is 143 Å². The topological polar surface area (TPSA) is 63.8 Å². The van der Waals surface area contributed by atoms with Crippen LogP contribution in [0.1, 0.15) is 18.7 Å². The van der Waals surface area contributed by atoms with E-state index in [-0.39, 0.29) is 5.92 Å². The van der Waals surface area contributed by atoms with Crippen LogP contribution in [0.5, 0.6) is 0 Å². The van der Waals surface area contributed by atoms with Crippen molar-refractivity contribution in [2.24, 2.45) is 0 Å². The molecule has 3 heterocycles. The number of thioether (sulfide) groups is 1. The molecule has 0 aromatic carbocycles. The fourth-order valence-corrected chi connectivity index (χ4v) is 4.86. The van der Waals surface area contributed by atoms with E-state index in [1.54, 1.807) is 6.20 Å². The maximum Gasteiger partial charge on any atom is 0.232 e. The van der Waals surface area contributed by atoms with Crippen LogP contribution in [-0.2, 0) is 0 Å². The van der Waals surface area contributed by atoms with Gasteiger partial charge < -0.3 is 9.84 Å². The molecule has 21 heavy (non-hydrogen) atoms. The number of hydrogen-bond acceptors (Lipinski definition) is 6. The first-order valence-corrected chi connectivity index (χ1v) is 9.39. The third kappa shape index (κ3) is 3.33. The summed E-state index contributed by atoms with van der Waals surface area (Å²) in [6.07, 6.45) is 1.73. The van der Waals surface area contributed by atoms with Gasteiger partial charge in [-0.2, -0.15) is 16.7 Å². The van der Waals surface area contributed by atoms with Gasteiger partial charge in [-0.3, -0.25) is 4.98 Å². The average Bonchev–Trinajstić information content (AvgIpc) is 3.07. The molecule has 0 amide bonds. The van der Waals surface area contributed by atoms with Crippen LogP contribution in [0.15, 0.2) is 25.7 Å². The highest BCUT2D eigenvalue weighted by Crippen LogP contribution is 2.33. The molecule has 0 spiro atoms. The van der Waals surface area contributed by atoms with Gasteiger partial charge in [0, 0.05) is 32.7 Å². The summed E-state index contributed by atoms with van der Waals surface area (Å²) in [4.78, 5) is 8.89. The van der Waals surface area contributed by atoms with E-state index in [2.05, 4.69) is 59.2 Å². The summed E-state index contributed by atoms with van der Waals surface area (Å²) in [6, 6.07) is 2.32. The number of hydrogen-bond donors (Lipinski definition) is 1. The van der Waals surface area contributed by atoms with Crippen molar-refractivity contribution in [3.05, 3.63) is 27.1 Å². The second-order valence-electron chi connectivity index (χ2n) is 4.75. The lowest BCUT2D eigenvalue weighted by molar-refractivity contribution is 0.340. The number of likely N-dealkylation sites (N-methyl/N-ethyl adjacent to an activating group) is 1. The van der Waals surface area contributed by atoms with Crippen molar-refractivity contribution in [1.82, 2.24) is 20.4 Å². The Bertz CT molecular complexity index is 636. The van der Waals surface area contributed by atoms with Crippen molar-refractivity contribution < 1.29 is 4.52 Å². The molecule has 0 aliphatic carbocycles. The van der Waals surface area contributed by atoms with Crippen LogP contribution in [0.3, 0.4) is 0 Å². The van der Waals surface area contributed by atoms with Crippen LogP contribution in [0, 0.1) is 0 Å². The summed E-state index contributed by atoms with van der Waals surface area (Å²) in [5.41, 5.74) is 0.693. The molecular formula is C13H14Br2N4OS. The minimum Gasteiger partial charge on any atom is -0.339 e. The van der Waals surface area contributed by atoms with Crippen molar-refractivity contribution in [3.63, 3.8) is 0 Å². The molecule has 1 aliphatic rings. The van der Waals surface area contributed by atoms with Crippen LogP contribution < -0.4 is 5.32 Å². The molecule has 2 unspecified atom stereocenters. The number of rotatable bonds is 4. The quantitative estimate of drug-likeness (QED) is 0.796. The number of nitrogens with one attached hydrogen (secondary N) is 1. The van der Waals surface area contributed by atoms with Crippen LogP contribution in [-0.4, -0.2) is 39.2 Å². The van der Waals surface area contributed by atoms with Crippen molar-refractivity contribution in [2.75, 3.05) is 18.1 Å². The summed E-state index contributed by atoms with van der Waals surface area (Å²) < 4.78 is 7.22. The Morgan fingerprint density at radius 3 is 3.05 bits per heavy atom. The number of aromatic nitrogens is 3. The van der Waals surface area contributed by atoms with Gasteiger partial charge in [-0.05, 0) is 44.5 Å². The zero-order valence-electron chi connectivity index (χ0n) is 11.3. The molecule has 2 atom stereocenters. The fourth-order valence-electron chi connectivity index (χ4n) is 2.32. The van der Waals surface area contributed by atoms with Gasteiger partial charge >= 0.3 is 0 Å². The fraction of sp³-hybridized carbons (Fsp3) is 0.462. The minimum absolute atomic E-state index is 0.269. The van der Waals surface area contributed by atoms with Gasteiger partial charge in [0.25, 0.3) is 0 Å². The molecular weight excluding hydrogens is 420 g/mol. The lowest BCUT2D eigenvalue weighted by Gasteiger charge is -2.15. The van der Waals surface area contributed by atoms with E-state index in [1.807, 2.05) is 17.8 Å². The Morgan fingerprint density at radius 1 is 1.43 bits per heavy atom. The zero-order valence-corrected chi connectivity index (χ0v) is 15.3. The molecule has 1 saturated heterocycles. The monoisotopic (exact) mass is 432 g/mol. The number of nitrogens with zero attached hydrogens (tertiary/aromatic N) is 3. The molecule has 5 nitrogen and oxygen atoms in total. The van der Waals surface area contributed by atoms with Crippen molar-refractivity contribution in [3.8, 4) is 11.5 Å². The Hall–Kier alpha value is -0.440. The Morgan fingerprint density at radius 2 is 2.29 bits per heavy atom. The van der Waals surface area contributed by atoms with Gasteiger partial charge in [-0.15, -0.1) is 0 Å². The second kappa shape index (κ2) is 6.76. The van der Waals surface area contributed by atoms with Crippen LogP contribution in [0.2, 0.25) is 0 Å². The van der Waals surface area contributed by atoms with Gasteiger partial charge in [0.05, 0.1) is 5.92 Å². The zero-order chi connectivity index (χ0) is 14.8. The maximum atomic E-state index is 5.48. The lowest BCUT2D eigenvalue weighted by atomic mass is 10.0. The summed E-state index contributed by atoms with van der Waals surface area (Å²) in [5, 5.41) is 7.57. The van der Waals surface area contributed by atoms with E-state index in [0.717, 1.165) is 27.0 Å². The van der Waals surface area contributed by atoms with Crippen molar-refractivity contribution in [2.45, 2.75) is 18.9 Å². The summed E-state index contributed by atoms with van der Waals surface area (Å²) in [6.45, 7) is 3.06. The first-order valence-electron chi connectivity index (χ1n) is 6.65. The predicted octanol–water partition coefficient (Wildman–Crippen LogP) is 3.47. The number of pyridine rings is 1. The molecule has 0 bridgehead atoms. The van der Waals surface area contributed by atoms with Gasteiger partial charge in [-0.25, -0.2) is 0 Å². The molecule has 1 N–H and O–H groups in total. The van der Waals surface area contributed by atoms with Gasteiger partial charge in [-0.1, -0.05) is 12.1 Å². The van der Waals surface area contributed by atoms with E-state index >= 15 is 0 Å². The summed E-state index contributed by atoms with van der Waals surface area (Å²) in [7, 11) is 0. The van der Waals surface area contributed by atoms with E-state index < -0.39 is 0 Å². The normalized spacial score (nSPS) is 21.9. The van der Waals surface area contributed by atoms with Crippen LogP contribution in [0.25, 0.3) is 11.5 Å². The predicted molar refractivity (Wildman–Crippen MR) is 90.5 cm³/mol. The standard InChI is InChI=1S/C13H14Br2N4OS/c1-2-16-10-6-21-5-8(10)13-18-12(19-20-13)11-9(15)3-7(14)4-17-11/h3-4,8,10,16H,2,5-6H2,1H3. The molecule has 2 aromatic rings. The average molecular weight is 434 g/mol. The third-order valence-electron chi connectivity index (χ3n) is 3.33. The first-order chi connectivity index (χ1) is 10.2. The molecule has 0 saturated carbocycles. The highest BCUT2D eigenvalue weighted by Gasteiger charge is 2.33. The second-order valence-corrected chi connectivity index (χ2v) is 7.59. The van der Waals surface area contributed by atoms with Crippen molar-refractivity contribution >= 4 is 43.6 Å². The highest BCUT2D eigenvalue weighted by molar-refractivity contribution is 9.11. The summed E-state index contributed by atoms with van der Waals surface area (Å²) >= 11 is 8.78. The Balaban J connectivity index is 1.86. The van der Waals surface area contributed by atoms with E-state index in [4.69, 9.17) is 4.52 Å². The van der Waals surface area contributed by atoms with E-state index in [1.165, 1.54) is 0 Å². The molecule has 1 aliphatic heterocycles. The molecule has 3 rings (SSSR count). The SMILES string of the molecule is CCNC1CSCC1c1nc(-c2ncc(Br)cc2Br)no1. The Kier molecular flexibility index (Phi) is 4.98. The first kappa shape index (κ1) is 15.5. The van der Waals surface area contributed by atoms with Gasteiger partial charge in [0.2, 0.25) is 11.7 Å². The molecule has 2 aromatic heterocycles. The summed E-state index contributed by atoms with van der Waals surface area (Å²) in [5.74, 6) is 3.57. The van der Waals surface area contributed by atoms with Crippen LogP contribution >= 0.6 is 43.6 Å². The molecule has 1 fully saturated rings. The highest BCUT2D eigenvalue weighted by atomic mass is 79.9. The molecule has 8 heteroatoms.